The SMILES string of the molecule is COCCCn1c(-c2cccc(OC)c2)ncc(C(O)=C2C(=O)CCCC2O)c1=O. The van der Waals surface area contributed by atoms with Gasteiger partial charge in [0.15, 0.2) is 5.78 Å². The second-order valence-electron chi connectivity index (χ2n) is 7.12. The van der Waals surface area contributed by atoms with E-state index in [2.05, 4.69) is 4.98 Å². The van der Waals surface area contributed by atoms with Crippen molar-refractivity contribution in [1.29, 1.82) is 0 Å². The Morgan fingerprint density at radius 3 is 2.80 bits per heavy atom. The molecule has 30 heavy (non-hydrogen) atoms. The van der Waals surface area contributed by atoms with E-state index in [1.165, 1.54) is 10.8 Å². The second-order valence-corrected chi connectivity index (χ2v) is 7.12. The fourth-order valence-corrected chi connectivity index (χ4v) is 3.58. The number of hydrogen-bond acceptors (Lipinski definition) is 7. The molecule has 1 saturated carbocycles. The smallest absolute Gasteiger partial charge is 0.264 e. The molecule has 0 bridgehead atoms. The summed E-state index contributed by atoms with van der Waals surface area (Å²) >= 11 is 0. The Labute approximate surface area is 174 Å². The first-order chi connectivity index (χ1) is 14.5. The van der Waals surface area contributed by atoms with E-state index in [0.29, 0.717) is 49.6 Å². The molecule has 0 spiro atoms. The summed E-state index contributed by atoms with van der Waals surface area (Å²) in [6.45, 7) is 0.748. The molecule has 1 heterocycles. The molecule has 1 atom stereocenters. The number of Topliss-reactive ketones (excluding diaryl/α,β-unsaturated/α-hetero) is 1. The first-order valence-corrected chi connectivity index (χ1v) is 9.86. The fourth-order valence-electron chi connectivity index (χ4n) is 3.58. The first-order valence-electron chi connectivity index (χ1n) is 9.86. The van der Waals surface area contributed by atoms with Gasteiger partial charge in [-0.15, -0.1) is 0 Å². The van der Waals surface area contributed by atoms with Crippen molar-refractivity contribution < 1.29 is 24.5 Å². The molecule has 1 aromatic heterocycles. The zero-order chi connectivity index (χ0) is 21.7. The van der Waals surface area contributed by atoms with E-state index in [0.717, 1.165) is 0 Å². The van der Waals surface area contributed by atoms with Gasteiger partial charge in [0.05, 0.1) is 18.8 Å². The molecule has 3 rings (SSSR count). The van der Waals surface area contributed by atoms with Gasteiger partial charge in [-0.1, -0.05) is 12.1 Å². The number of ketones is 1. The summed E-state index contributed by atoms with van der Waals surface area (Å²) in [7, 11) is 3.13. The van der Waals surface area contributed by atoms with Crippen LogP contribution in [0.2, 0.25) is 0 Å². The van der Waals surface area contributed by atoms with Gasteiger partial charge in [0, 0.05) is 38.4 Å². The molecule has 0 saturated heterocycles. The normalized spacial score (nSPS) is 18.4. The molecular weight excluding hydrogens is 388 g/mol. The lowest BCUT2D eigenvalue weighted by Gasteiger charge is -2.21. The molecule has 2 N–H and O–H groups in total. The Balaban J connectivity index is 2.14. The number of rotatable bonds is 7. The lowest BCUT2D eigenvalue weighted by Crippen LogP contribution is -2.30. The van der Waals surface area contributed by atoms with Gasteiger partial charge >= 0.3 is 0 Å². The van der Waals surface area contributed by atoms with Crippen molar-refractivity contribution >= 4 is 11.5 Å². The van der Waals surface area contributed by atoms with Crippen LogP contribution in [0.25, 0.3) is 17.1 Å². The maximum Gasteiger partial charge on any atom is 0.264 e. The minimum Gasteiger partial charge on any atom is -0.507 e. The van der Waals surface area contributed by atoms with Gasteiger partial charge in [0.25, 0.3) is 5.56 Å². The Morgan fingerprint density at radius 1 is 1.30 bits per heavy atom. The highest BCUT2D eigenvalue weighted by atomic mass is 16.5. The topological polar surface area (TPSA) is 111 Å². The van der Waals surface area contributed by atoms with Gasteiger partial charge in [-0.25, -0.2) is 4.98 Å². The van der Waals surface area contributed by atoms with Gasteiger partial charge < -0.3 is 19.7 Å². The van der Waals surface area contributed by atoms with Gasteiger partial charge in [-0.05, 0) is 31.4 Å². The number of hydrogen-bond donors (Lipinski definition) is 2. The minimum atomic E-state index is -1.09. The lowest BCUT2D eigenvalue weighted by molar-refractivity contribution is -0.117. The Hall–Kier alpha value is -2.97. The molecule has 0 amide bonds. The number of aliphatic hydroxyl groups is 2. The zero-order valence-corrected chi connectivity index (χ0v) is 17.1. The molecule has 8 heteroatoms. The predicted molar refractivity (Wildman–Crippen MR) is 111 cm³/mol. The summed E-state index contributed by atoms with van der Waals surface area (Å²) < 4.78 is 11.8. The maximum absolute atomic E-state index is 13.3. The molecule has 0 aliphatic heterocycles. The summed E-state index contributed by atoms with van der Waals surface area (Å²) in [4.78, 5) is 29.9. The number of aromatic nitrogens is 2. The van der Waals surface area contributed by atoms with Crippen LogP contribution in [-0.4, -0.2) is 52.5 Å². The van der Waals surface area contributed by atoms with Crippen molar-refractivity contribution in [3.05, 3.63) is 52.0 Å². The van der Waals surface area contributed by atoms with Crippen molar-refractivity contribution in [2.24, 2.45) is 0 Å². The third-order valence-electron chi connectivity index (χ3n) is 5.13. The van der Waals surface area contributed by atoms with Crippen LogP contribution in [0.1, 0.15) is 31.2 Å². The van der Waals surface area contributed by atoms with Crippen LogP contribution in [0.3, 0.4) is 0 Å². The van der Waals surface area contributed by atoms with Crippen molar-refractivity contribution in [3.63, 3.8) is 0 Å². The van der Waals surface area contributed by atoms with Crippen molar-refractivity contribution in [3.8, 4) is 17.1 Å². The molecule has 8 nitrogen and oxygen atoms in total. The molecule has 1 unspecified atom stereocenters. The quantitative estimate of drug-likeness (QED) is 0.406. The van der Waals surface area contributed by atoms with E-state index in [9.17, 15) is 19.8 Å². The molecule has 160 valence electrons. The number of nitrogens with zero attached hydrogens (tertiary/aromatic N) is 2. The van der Waals surface area contributed by atoms with Crippen LogP contribution in [0.5, 0.6) is 5.75 Å². The molecule has 1 aromatic carbocycles. The van der Waals surface area contributed by atoms with E-state index < -0.39 is 17.4 Å². The van der Waals surface area contributed by atoms with Gasteiger partial charge in [0.1, 0.15) is 22.9 Å². The number of ether oxygens (including phenoxy) is 2. The van der Waals surface area contributed by atoms with Crippen LogP contribution < -0.4 is 10.3 Å². The van der Waals surface area contributed by atoms with E-state index in [4.69, 9.17) is 9.47 Å². The molecule has 1 aliphatic carbocycles. The largest absolute Gasteiger partial charge is 0.507 e. The highest BCUT2D eigenvalue weighted by Gasteiger charge is 2.29. The Morgan fingerprint density at radius 2 is 2.10 bits per heavy atom. The maximum atomic E-state index is 13.3. The molecular formula is C22H26N2O6. The molecule has 1 fully saturated rings. The number of carbonyl (C=O) groups is 1. The van der Waals surface area contributed by atoms with E-state index in [1.807, 2.05) is 6.07 Å². The van der Waals surface area contributed by atoms with E-state index >= 15 is 0 Å². The van der Waals surface area contributed by atoms with Crippen LogP contribution in [0.15, 0.2) is 40.8 Å². The standard InChI is InChI=1S/C22H26N2O6/c1-29-11-5-10-24-21(14-6-3-7-15(12-14)30-2)23-13-16(22(24)28)20(27)19-17(25)8-4-9-18(19)26/h3,6-7,12-13,17,25,27H,4-5,8-11H2,1-2H3. The summed E-state index contributed by atoms with van der Waals surface area (Å²) in [5.74, 6) is 0.179. The monoisotopic (exact) mass is 414 g/mol. The van der Waals surface area contributed by atoms with Crippen LogP contribution >= 0.6 is 0 Å². The third kappa shape index (κ3) is 4.44. The second kappa shape index (κ2) is 9.69. The third-order valence-corrected chi connectivity index (χ3v) is 5.13. The van der Waals surface area contributed by atoms with E-state index in [-0.39, 0.29) is 23.3 Å². The summed E-state index contributed by atoms with van der Waals surface area (Å²) in [6, 6.07) is 7.16. The highest BCUT2D eigenvalue weighted by Crippen LogP contribution is 2.27. The average molecular weight is 414 g/mol. The number of methoxy groups -OCH3 is 2. The van der Waals surface area contributed by atoms with Crippen LogP contribution in [-0.2, 0) is 16.1 Å². The Bertz CT molecular complexity index is 1010. The van der Waals surface area contributed by atoms with E-state index in [1.54, 1.807) is 32.4 Å². The van der Waals surface area contributed by atoms with Crippen molar-refractivity contribution in [2.75, 3.05) is 20.8 Å². The van der Waals surface area contributed by atoms with Crippen molar-refractivity contribution in [2.45, 2.75) is 38.3 Å². The van der Waals surface area contributed by atoms with Crippen LogP contribution in [0, 0.1) is 0 Å². The predicted octanol–water partition coefficient (Wildman–Crippen LogP) is 2.34. The zero-order valence-electron chi connectivity index (χ0n) is 17.1. The molecule has 1 aliphatic rings. The minimum absolute atomic E-state index is 0.108. The fraction of sp³-hybridized carbons (Fsp3) is 0.409. The highest BCUT2D eigenvalue weighted by molar-refractivity contribution is 6.02. The van der Waals surface area contributed by atoms with Crippen LogP contribution in [0.4, 0.5) is 0 Å². The van der Waals surface area contributed by atoms with Gasteiger partial charge in [0.2, 0.25) is 0 Å². The average Bonchev–Trinajstić information content (AvgIpc) is 2.74. The number of benzene rings is 1. The molecule has 2 aromatic rings. The molecule has 0 radical (unpaired) electrons. The van der Waals surface area contributed by atoms with Crippen molar-refractivity contribution in [1.82, 2.24) is 9.55 Å². The Kier molecular flexibility index (Phi) is 7.02. The van der Waals surface area contributed by atoms with Gasteiger partial charge in [-0.2, -0.15) is 0 Å². The summed E-state index contributed by atoms with van der Waals surface area (Å²) in [5.41, 5.74) is -0.0353. The summed E-state index contributed by atoms with van der Waals surface area (Å²) in [5, 5.41) is 20.9. The van der Waals surface area contributed by atoms with Gasteiger partial charge in [-0.3, -0.25) is 14.2 Å². The summed E-state index contributed by atoms with van der Waals surface area (Å²) in [6.07, 6.45) is 1.85. The number of aliphatic hydroxyl groups excluding tert-OH is 2. The number of carbonyl (C=O) groups excluding carboxylic acids is 1. The lowest BCUT2D eigenvalue weighted by atomic mass is 9.89. The first kappa shape index (κ1) is 21.7.